The van der Waals surface area contributed by atoms with Gasteiger partial charge in [0.2, 0.25) is 5.88 Å². The molecule has 3 rings (SSSR count). The molecule has 1 heterocycles. The summed E-state index contributed by atoms with van der Waals surface area (Å²) in [6.07, 6.45) is 1.49. The smallest absolute Gasteiger partial charge is 0.270 e. The molecule has 1 aromatic heterocycles. The maximum Gasteiger partial charge on any atom is 0.270 e. The van der Waals surface area contributed by atoms with Gasteiger partial charge in [-0.05, 0) is 47.9 Å². The lowest BCUT2D eigenvalue weighted by Crippen LogP contribution is -2.48. The number of hydrogen-bond acceptors (Lipinski definition) is 7. The maximum atomic E-state index is 13.7. The van der Waals surface area contributed by atoms with Gasteiger partial charge in [-0.1, -0.05) is 43.0 Å². The Kier molecular flexibility index (Phi) is 9.53. The lowest BCUT2D eigenvalue weighted by Gasteiger charge is -2.25. The molecular weight excluding hydrogens is 474 g/mol. The van der Waals surface area contributed by atoms with Gasteiger partial charge in [-0.25, -0.2) is 13.8 Å². The average Bonchev–Trinajstić information content (AvgIpc) is 2.82. The average molecular weight is 503 g/mol. The zero-order valence-corrected chi connectivity index (χ0v) is 20.3. The highest BCUT2D eigenvalue weighted by atomic mass is 32.2. The second-order valence-electron chi connectivity index (χ2n) is 8.03. The van der Waals surface area contributed by atoms with Gasteiger partial charge in [0, 0.05) is 25.2 Å². The number of aliphatic hydroxyl groups is 1. The molecule has 0 fully saturated rings. The third kappa shape index (κ3) is 7.98. The summed E-state index contributed by atoms with van der Waals surface area (Å²) in [5, 5.41) is 26.7. The van der Waals surface area contributed by atoms with Gasteiger partial charge in [0.05, 0.1) is 12.1 Å². The Morgan fingerprint density at radius 1 is 1.06 bits per heavy atom. The van der Waals surface area contributed by atoms with Crippen molar-refractivity contribution in [1.29, 1.82) is 0 Å². The maximum absolute atomic E-state index is 13.7. The van der Waals surface area contributed by atoms with Crippen molar-refractivity contribution in [3.63, 3.8) is 0 Å². The van der Waals surface area contributed by atoms with Crippen LogP contribution in [0.2, 0.25) is 0 Å². The van der Waals surface area contributed by atoms with E-state index < -0.39 is 29.7 Å². The van der Waals surface area contributed by atoms with E-state index in [-0.39, 0.29) is 35.3 Å². The third-order valence-electron chi connectivity index (χ3n) is 5.35. The van der Waals surface area contributed by atoms with Gasteiger partial charge >= 0.3 is 0 Å². The van der Waals surface area contributed by atoms with Crippen molar-refractivity contribution in [2.75, 3.05) is 12.8 Å². The predicted octanol–water partition coefficient (Wildman–Crippen LogP) is 3.24. The van der Waals surface area contributed by atoms with Gasteiger partial charge in [-0.2, -0.15) is 4.98 Å². The summed E-state index contributed by atoms with van der Waals surface area (Å²) < 4.78 is 27.5. The first kappa shape index (κ1) is 26.5. The van der Waals surface area contributed by atoms with E-state index in [4.69, 9.17) is 0 Å². The second kappa shape index (κ2) is 12.6. The molecule has 1 unspecified atom stereocenters. The van der Waals surface area contributed by atoms with Gasteiger partial charge < -0.3 is 20.8 Å². The highest BCUT2D eigenvalue weighted by Gasteiger charge is 2.24. The number of halogens is 2. The molecule has 2 atom stereocenters. The molecule has 0 radical (unpaired) electrons. The summed E-state index contributed by atoms with van der Waals surface area (Å²) in [5.74, 6) is -2.53. The zero-order chi connectivity index (χ0) is 25.4. The molecule has 0 spiro atoms. The van der Waals surface area contributed by atoms with Crippen LogP contribution in [0.25, 0.3) is 0 Å². The van der Waals surface area contributed by atoms with Crippen LogP contribution in [0.1, 0.15) is 34.1 Å². The molecule has 1 amide bonds. The Balaban J connectivity index is 1.74. The van der Waals surface area contributed by atoms with Crippen LogP contribution in [-0.4, -0.2) is 51.0 Å². The molecule has 10 heteroatoms. The minimum Gasteiger partial charge on any atom is -0.493 e. The number of rotatable bonds is 11. The molecule has 3 aromatic rings. The molecule has 35 heavy (non-hydrogen) atoms. The number of aliphatic hydroxyl groups excluding tert-OH is 1. The molecule has 7 nitrogen and oxygen atoms in total. The summed E-state index contributed by atoms with van der Waals surface area (Å²) in [6.45, 7) is 2.68. The van der Waals surface area contributed by atoms with Crippen LogP contribution < -0.4 is 10.6 Å². The highest BCUT2D eigenvalue weighted by molar-refractivity contribution is 7.98. The predicted molar refractivity (Wildman–Crippen MR) is 130 cm³/mol. The zero-order valence-electron chi connectivity index (χ0n) is 19.5. The summed E-state index contributed by atoms with van der Waals surface area (Å²) in [4.78, 5) is 20.8. The minimum absolute atomic E-state index is 0.0267. The number of aromatic hydroxyl groups is 1. The Hall–Kier alpha value is -3.08. The lowest BCUT2D eigenvalue weighted by atomic mass is 10.00. The third-order valence-corrected chi connectivity index (χ3v) is 5.90. The van der Waals surface area contributed by atoms with E-state index in [1.807, 2.05) is 18.2 Å². The van der Waals surface area contributed by atoms with Crippen LogP contribution in [0.5, 0.6) is 5.88 Å². The van der Waals surface area contributed by atoms with Crippen molar-refractivity contribution < 1.29 is 23.8 Å². The molecule has 0 saturated heterocycles. The summed E-state index contributed by atoms with van der Waals surface area (Å²) >= 11 is 1.15. The standard InChI is InChI=1S/C25H28F2N4O3S/c1-3-15-5-4-6-16(7-15)13-28-14-22(32)20(10-17-8-18(26)11-19(27)9-17)29-24(34)21-12-23(33)31-25(30-21)35-2/h4-9,11-12,20,22,28,32H,3,10,13-14H2,1-2H3,(H,29,34)(H,30,31,33)/t20?,22-/m0/s1. The first-order valence-corrected chi connectivity index (χ1v) is 12.3. The van der Waals surface area contributed by atoms with E-state index in [1.54, 1.807) is 6.26 Å². The van der Waals surface area contributed by atoms with Crippen LogP contribution in [0, 0.1) is 11.6 Å². The molecule has 0 aliphatic carbocycles. The van der Waals surface area contributed by atoms with E-state index in [1.165, 1.54) is 5.56 Å². The van der Waals surface area contributed by atoms with Crippen LogP contribution in [0.4, 0.5) is 8.78 Å². The Morgan fingerprint density at radius 2 is 1.77 bits per heavy atom. The van der Waals surface area contributed by atoms with Gasteiger partial charge in [0.15, 0.2) is 5.16 Å². The molecule has 0 bridgehead atoms. The minimum atomic E-state index is -1.09. The second-order valence-corrected chi connectivity index (χ2v) is 8.81. The van der Waals surface area contributed by atoms with Crippen molar-refractivity contribution in [2.24, 2.45) is 0 Å². The number of nitrogens with zero attached hydrogens (tertiary/aromatic N) is 2. The van der Waals surface area contributed by atoms with Gasteiger partial charge in [0.25, 0.3) is 5.91 Å². The van der Waals surface area contributed by atoms with Gasteiger partial charge in [-0.15, -0.1) is 0 Å². The summed E-state index contributed by atoms with van der Waals surface area (Å²) in [7, 11) is 0. The first-order chi connectivity index (χ1) is 16.8. The fourth-order valence-corrected chi connectivity index (χ4v) is 3.97. The SMILES string of the molecule is CCc1cccc(CNC[C@H](O)C(Cc2cc(F)cc(F)c2)NC(=O)c2cc(O)nc(SC)n2)c1. The van der Waals surface area contributed by atoms with Crippen molar-refractivity contribution >= 4 is 17.7 Å². The molecule has 0 aliphatic heterocycles. The monoisotopic (exact) mass is 502 g/mol. The van der Waals surface area contributed by atoms with E-state index in [0.29, 0.717) is 6.54 Å². The first-order valence-electron chi connectivity index (χ1n) is 11.1. The fraction of sp³-hybridized carbons (Fsp3) is 0.320. The number of thioether (sulfide) groups is 1. The topological polar surface area (TPSA) is 107 Å². The summed E-state index contributed by atoms with van der Waals surface area (Å²) in [6, 6.07) is 11.3. The quantitative estimate of drug-likeness (QED) is 0.236. The number of nitrogens with one attached hydrogen (secondary N) is 2. The van der Waals surface area contributed by atoms with Crippen molar-refractivity contribution in [2.45, 2.75) is 43.6 Å². The number of aromatic nitrogens is 2. The van der Waals surface area contributed by atoms with Gasteiger partial charge in [0.1, 0.15) is 17.3 Å². The number of amides is 1. The number of carbonyl (C=O) groups excluding carboxylic acids is 1. The van der Waals surface area contributed by atoms with Crippen LogP contribution in [-0.2, 0) is 19.4 Å². The molecule has 2 aromatic carbocycles. The van der Waals surface area contributed by atoms with Crippen molar-refractivity contribution in [3.8, 4) is 5.88 Å². The van der Waals surface area contributed by atoms with Crippen molar-refractivity contribution in [3.05, 3.63) is 82.5 Å². The number of aryl methyl sites for hydroxylation is 1. The molecule has 0 saturated carbocycles. The van der Waals surface area contributed by atoms with E-state index >= 15 is 0 Å². The number of benzene rings is 2. The molecule has 186 valence electrons. The molecule has 4 N–H and O–H groups in total. The fourth-order valence-electron chi connectivity index (χ4n) is 3.59. The summed E-state index contributed by atoms with van der Waals surface area (Å²) in [5.41, 5.74) is 2.43. The van der Waals surface area contributed by atoms with Gasteiger partial charge in [-0.3, -0.25) is 4.79 Å². The van der Waals surface area contributed by atoms with E-state index in [2.05, 4.69) is 33.6 Å². The largest absolute Gasteiger partial charge is 0.493 e. The number of carbonyl (C=O) groups is 1. The normalized spacial score (nSPS) is 12.8. The lowest BCUT2D eigenvalue weighted by molar-refractivity contribution is 0.0824. The van der Waals surface area contributed by atoms with Crippen molar-refractivity contribution in [1.82, 2.24) is 20.6 Å². The number of hydrogen-bond donors (Lipinski definition) is 4. The Labute approximate surface area is 207 Å². The Bertz CT molecular complexity index is 1150. The van der Waals surface area contributed by atoms with Crippen LogP contribution in [0.15, 0.2) is 53.7 Å². The van der Waals surface area contributed by atoms with Crippen LogP contribution in [0.3, 0.4) is 0 Å². The van der Waals surface area contributed by atoms with E-state index in [9.17, 15) is 23.8 Å². The molecular formula is C25H28F2N4O3S. The highest BCUT2D eigenvalue weighted by Crippen LogP contribution is 2.16. The van der Waals surface area contributed by atoms with Crippen LogP contribution >= 0.6 is 11.8 Å². The van der Waals surface area contributed by atoms with E-state index in [0.717, 1.165) is 48.0 Å². The molecule has 0 aliphatic rings. The Morgan fingerprint density at radius 3 is 2.46 bits per heavy atom.